The van der Waals surface area contributed by atoms with Gasteiger partial charge in [0.1, 0.15) is 11.5 Å². The number of aliphatic hydroxyl groups is 1. The van der Waals surface area contributed by atoms with Gasteiger partial charge in [-0.2, -0.15) is 0 Å². The van der Waals surface area contributed by atoms with Crippen molar-refractivity contribution in [3.05, 3.63) is 57.6 Å². The lowest BCUT2D eigenvalue weighted by Crippen LogP contribution is -1.96. The molecule has 3 heteroatoms. The van der Waals surface area contributed by atoms with Gasteiger partial charge in [-0.15, -0.1) is 0 Å². The number of halogens is 1. The fraction of sp³-hybridized carbons (Fsp3) is 0.333. The first-order valence-corrected chi connectivity index (χ1v) is 7.93. The van der Waals surface area contributed by atoms with E-state index in [0.717, 1.165) is 21.5 Å². The summed E-state index contributed by atoms with van der Waals surface area (Å²) < 4.78 is 6.91. The van der Waals surface area contributed by atoms with E-state index in [9.17, 15) is 5.11 Å². The van der Waals surface area contributed by atoms with Crippen LogP contribution in [-0.2, 0) is 0 Å². The zero-order chi connectivity index (χ0) is 15.6. The summed E-state index contributed by atoms with van der Waals surface area (Å²) in [6.07, 6.45) is -0.501. The van der Waals surface area contributed by atoms with E-state index in [1.807, 2.05) is 18.2 Å². The van der Waals surface area contributed by atoms with Crippen molar-refractivity contribution >= 4 is 15.9 Å². The Kier molecular flexibility index (Phi) is 5.07. The number of hydrogen-bond acceptors (Lipinski definition) is 2. The molecule has 21 heavy (non-hydrogen) atoms. The van der Waals surface area contributed by atoms with E-state index in [0.29, 0.717) is 5.92 Å². The summed E-state index contributed by atoms with van der Waals surface area (Å²) in [5.41, 5.74) is 3.22. The van der Waals surface area contributed by atoms with E-state index in [1.165, 1.54) is 11.1 Å². The van der Waals surface area contributed by atoms with Crippen LogP contribution < -0.4 is 4.74 Å². The predicted molar refractivity (Wildman–Crippen MR) is 90.1 cm³/mol. The molecule has 2 rings (SSSR count). The molecule has 0 saturated carbocycles. The van der Waals surface area contributed by atoms with E-state index in [-0.39, 0.29) is 0 Å². The first kappa shape index (κ1) is 16.1. The van der Waals surface area contributed by atoms with Crippen molar-refractivity contribution in [2.75, 3.05) is 0 Å². The van der Waals surface area contributed by atoms with Crippen molar-refractivity contribution in [1.82, 2.24) is 0 Å². The van der Waals surface area contributed by atoms with Gasteiger partial charge in [0.2, 0.25) is 0 Å². The van der Waals surface area contributed by atoms with Gasteiger partial charge in [-0.3, -0.25) is 0 Å². The van der Waals surface area contributed by atoms with Crippen molar-refractivity contribution in [2.45, 2.75) is 39.7 Å². The van der Waals surface area contributed by atoms with Crippen LogP contribution in [0.4, 0.5) is 0 Å². The highest BCUT2D eigenvalue weighted by Crippen LogP contribution is 2.34. The van der Waals surface area contributed by atoms with Gasteiger partial charge in [0.25, 0.3) is 0 Å². The zero-order valence-corrected chi connectivity index (χ0v) is 14.4. The highest BCUT2D eigenvalue weighted by Gasteiger charge is 2.11. The molecule has 0 amide bonds. The molecule has 1 N–H and O–H groups in total. The maximum Gasteiger partial charge on any atom is 0.131 e. The van der Waals surface area contributed by atoms with Crippen LogP contribution in [0.25, 0.3) is 0 Å². The number of hydrogen-bond donors (Lipinski definition) is 1. The molecule has 0 saturated heterocycles. The molecular weight excluding hydrogens is 328 g/mol. The van der Waals surface area contributed by atoms with E-state index >= 15 is 0 Å². The first-order chi connectivity index (χ1) is 9.88. The van der Waals surface area contributed by atoms with Crippen molar-refractivity contribution in [1.29, 1.82) is 0 Å². The molecule has 0 aromatic heterocycles. The van der Waals surface area contributed by atoms with Crippen LogP contribution in [0.2, 0.25) is 0 Å². The quantitative estimate of drug-likeness (QED) is 0.764. The Morgan fingerprint density at radius 3 is 2.24 bits per heavy atom. The lowest BCUT2D eigenvalue weighted by atomic mass is 10.0. The van der Waals surface area contributed by atoms with Crippen molar-refractivity contribution < 1.29 is 9.84 Å². The average molecular weight is 349 g/mol. The van der Waals surface area contributed by atoms with Gasteiger partial charge in [-0.25, -0.2) is 0 Å². The second-order valence-corrected chi connectivity index (χ2v) is 6.51. The Hall–Kier alpha value is -1.32. The Morgan fingerprint density at radius 2 is 1.67 bits per heavy atom. The zero-order valence-electron chi connectivity index (χ0n) is 12.9. The Balaban J connectivity index is 2.34. The molecule has 0 unspecified atom stereocenters. The van der Waals surface area contributed by atoms with Gasteiger partial charge < -0.3 is 9.84 Å². The van der Waals surface area contributed by atoms with Crippen LogP contribution in [0.15, 0.2) is 40.9 Å². The summed E-state index contributed by atoms with van der Waals surface area (Å²) >= 11 is 3.48. The summed E-state index contributed by atoms with van der Waals surface area (Å²) in [4.78, 5) is 0. The van der Waals surface area contributed by atoms with Gasteiger partial charge in [0.15, 0.2) is 0 Å². The Bertz CT molecular complexity index is 633. The predicted octanol–water partition coefficient (Wildman–Crippen LogP) is 5.73. The molecule has 0 heterocycles. The van der Waals surface area contributed by atoms with Crippen LogP contribution in [-0.4, -0.2) is 5.11 Å². The molecule has 0 aliphatic rings. The summed E-state index contributed by atoms with van der Waals surface area (Å²) in [7, 11) is 0. The number of aliphatic hydroxyl groups excluding tert-OH is 1. The minimum absolute atomic E-state index is 0.403. The lowest BCUT2D eigenvalue weighted by Gasteiger charge is -2.16. The maximum absolute atomic E-state index is 9.67. The van der Waals surface area contributed by atoms with Gasteiger partial charge >= 0.3 is 0 Å². The second-order valence-electron chi connectivity index (χ2n) is 5.66. The fourth-order valence-corrected chi connectivity index (χ4v) is 2.93. The van der Waals surface area contributed by atoms with Crippen LogP contribution >= 0.6 is 15.9 Å². The monoisotopic (exact) mass is 348 g/mol. The fourth-order valence-electron chi connectivity index (χ4n) is 2.24. The summed E-state index contributed by atoms with van der Waals surface area (Å²) in [6.45, 7) is 8.12. The van der Waals surface area contributed by atoms with Crippen LogP contribution in [0, 0.1) is 6.92 Å². The number of rotatable bonds is 4. The minimum atomic E-state index is -0.501. The molecule has 0 spiro atoms. The number of benzene rings is 2. The van der Waals surface area contributed by atoms with Crippen LogP contribution in [0.3, 0.4) is 0 Å². The molecule has 0 aliphatic carbocycles. The Morgan fingerprint density at radius 1 is 1.00 bits per heavy atom. The Labute approximate surface area is 134 Å². The van der Waals surface area contributed by atoms with E-state index in [2.05, 4.69) is 54.9 Å². The number of ether oxygens (including phenoxy) is 1. The van der Waals surface area contributed by atoms with Gasteiger partial charge in [0, 0.05) is 4.47 Å². The maximum atomic E-state index is 9.67. The third kappa shape index (κ3) is 3.86. The third-order valence-electron chi connectivity index (χ3n) is 3.44. The highest BCUT2D eigenvalue weighted by atomic mass is 79.9. The lowest BCUT2D eigenvalue weighted by molar-refractivity contribution is 0.198. The van der Waals surface area contributed by atoms with E-state index in [4.69, 9.17) is 4.74 Å². The third-order valence-corrected chi connectivity index (χ3v) is 4.13. The van der Waals surface area contributed by atoms with Crippen molar-refractivity contribution in [2.24, 2.45) is 0 Å². The van der Waals surface area contributed by atoms with Crippen molar-refractivity contribution in [3.8, 4) is 11.5 Å². The second kappa shape index (κ2) is 6.63. The molecule has 112 valence electrons. The topological polar surface area (TPSA) is 29.5 Å². The molecule has 0 aliphatic heterocycles. The summed E-state index contributed by atoms with van der Waals surface area (Å²) in [5.74, 6) is 2.06. The van der Waals surface area contributed by atoms with E-state index < -0.39 is 6.10 Å². The highest BCUT2D eigenvalue weighted by molar-refractivity contribution is 9.10. The average Bonchev–Trinajstić information content (AvgIpc) is 2.37. The minimum Gasteiger partial charge on any atom is -0.457 e. The summed E-state index contributed by atoms with van der Waals surface area (Å²) in [6, 6.07) is 12.0. The normalized spacial score (nSPS) is 12.5. The molecule has 2 nitrogen and oxygen atoms in total. The largest absolute Gasteiger partial charge is 0.457 e. The molecule has 2 aromatic carbocycles. The standard InChI is InChI=1S/C18H21BrO2/c1-11(2)15-7-5-12(3)9-18(15)21-14-6-8-16(13(4)20)17(19)10-14/h5-11,13,20H,1-4H3/t13-/m1/s1. The molecular formula is C18H21BrO2. The molecule has 0 radical (unpaired) electrons. The summed E-state index contributed by atoms with van der Waals surface area (Å²) in [5, 5.41) is 9.67. The van der Waals surface area contributed by atoms with Gasteiger partial charge in [-0.1, -0.05) is 48.0 Å². The first-order valence-electron chi connectivity index (χ1n) is 7.14. The molecule has 2 aromatic rings. The van der Waals surface area contributed by atoms with Crippen LogP contribution in [0.5, 0.6) is 11.5 Å². The van der Waals surface area contributed by atoms with Gasteiger partial charge in [-0.05, 0) is 54.7 Å². The molecule has 0 bridgehead atoms. The molecule has 1 atom stereocenters. The van der Waals surface area contributed by atoms with Crippen molar-refractivity contribution in [3.63, 3.8) is 0 Å². The van der Waals surface area contributed by atoms with Crippen LogP contribution in [0.1, 0.15) is 49.5 Å². The number of aryl methyl sites for hydroxylation is 1. The SMILES string of the molecule is Cc1ccc(C(C)C)c(Oc2ccc([C@@H](C)O)c(Br)c2)c1. The van der Waals surface area contributed by atoms with Gasteiger partial charge in [0.05, 0.1) is 6.10 Å². The molecule has 0 fully saturated rings. The smallest absolute Gasteiger partial charge is 0.131 e. The van der Waals surface area contributed by atoms with E-state index in [1.54, 1.807) is 6.92 Å².